The molecule has 2 atom stereocenters. The van der Waals surface area contributed by atoms with E-state index in [-0.39, 0.29) is 11.8 Å². The van der Waals surface area contributed by atoms with Crippen LogP contribution in [0.4, 0.5) is 5.69 Å². The third-order valence-corrected chi connectivity index (χ3v) is 5.81. The minimum atomic E-state index is -0.592. The molecule has 152 valence electrons. The third kappa shape index (κ3) is 4.19. The predicted octanol–water partition coefficient (Wildman–Crippen LogP) is 3.87. The average Bonchev–Trinajstić information content (AvgIpc) is 2.95. The number of hydrogen-bond acceptors (Lipinski definition) is 4. The van der Waals surface area contributed by atoms with Crippen LogP contribution in [0.15, 0.2) is 89.9 Å². The number of ketones is 1. The van der Waals surface area contributed by atoms with Gasteiger partial charge in [-0.15, -0.1) is 0 Å². The van der Waals surface area contributed by atoms with Crippen LogP contribution in [0.25, 0.3) is 0 Å². The highest BCUT2D eigenvalue weighted by Gasteiger charge is 2.31. The van der Waals surface area contributed by atoms with Gasteiger partial charge in [-0.25, -0.2) is 0 Å². The minimum absolute atomic E-state index is 0.0755. The van der Waals surface area contributed by atoms with Crippen LogP contribution in [-0.2, 0) is 11.2 Å². The van der Waals surface area contributed by atoms with E-state index in [4.69, 9.17) is 10.7 Å². The standard InChI is InChI=1S/C26H27N3O/c1-29-22-15-9-8-14-21(22)26(20-12-6-3-7-13-20)28-18-23(29)25(27)24(30)17-16-19-10-4-2-5-11-19/h2-15,23,25H,16-18,27H2,1H3. The number of para-hydroxylation sites is 1. The van der Waals surface area contributed by atoms with E-state index >= 15 is 0 Å². The summed E-state index contributed by atoms with van der Waals surface area (Å²) in [6.07, 6.45) is 1.14. The van der Waals surface area contributed by atoms with Gasteiger partial charge in [0.2, 0.25) is 0 Å². The Morgan fingerprint density at radius 2 is 1.63 bits per heavy atom. The summed E-state index contributed by atoms with van der Waals surface area (Å²) in [7, 11) is 2.01. The lowest BCUT2D eigenvalue weighted by atomic mass is 9.97. The van der Waals surface area contributed by atoms with E-state index in [0.717, 1.165) is 28.1 Å². The van der Waals surface area contributed by atoms with Crippen molar-refractivity contribution < 1.29 is 4.79 Å². The molecule has 0 spiro atoms. The fraction of sp³-hybridized carbons (Fsp3) is 0.231. The van der Waals surface area contributed by atoms with Gasteiger partial charge in [0.1, 0.15) is 0 Å². The number of nitrogens with two attached hydrogens (primary N) is 1. The molecule has 0 aromatic heterocycles. The number of likely N-dealkylation sites (N-methyl/N-ethyl adjacent to an activating group) is 1. The van der Waals surface area contributed by atoms with Gasteiger partial charge in [-0.1, -0.05) is 78.9 Å². The lowest BCUT2D eigenvalue weighted by Gasteiger charge is -2.32. The Bertz CT molecular complexity index is 1030. The second kappa shape index (κ2) is 9.06. The zero-order valence-electron chi connectivity index (χ0n) is 17.2. The first kappa shape index (κ1) is 20.0. The van der Waals surface area contributed by atoms with Crippen LogP contribution in [0.1, 0.15) is 23.1 Å². The lowest BCUT2D eigenvalue weighted by Crippen LogP contribution is -2.52. The molecule has 30 heavy (non-hydrogen) atoms. The van der Waals surface area contributed by atoms with Crippen LogP contribution in [0.5, 0.6) is 0 Å². The van der Waals surface area contributed by atoms with E-state index < -0.39 is 6.04 Å². The number of rotatable bonds is 6. The summed E-state index contributed by atoms with van der Waals surface area (Å²) >= 11 is 0. The second-order valence-corrected chi connectivity index (χ2v) is 7.73. The highest BCUT2D eigenvalue weighted by Crippen LogP contribution is 2.28. The summed E-state index contributed by atoms with van der Waals surface area (Å²) < 4.78 is 0. The molecule has 0 aliphatic carbocycles. The highest BCUT2D eigenvalue weighted by molar-refractivity contribution is 6.16. The first-order valence-corrected chi connectivity index (χ1v) is 10.4. The number of anilines is 1. The quantitative estimate of drug-likeness (QED) is 0.687. The zero-order chi connectivity index (χ0) is 20.9. The maximum absolute atomic E-state index is 12.9. The fourth-order valence-corrected chi connectivity index (χ4v) is 4.04. The van der Waals surface area contributed by atoms with Crippen molar-refractivity contribution in [2.45, 2.75) is 24.9 Å². The molecule has 3 aromatic carbocycles. The summed E-state index contributed by atoms with van der Waals surface area (Å²) in [5, 5.41) is 0. The first-order chi connectivity index (χ1) is 14.6. The molecule has 3 aromatic rings. The number of carbonyl (C=O) groups is 1. The Hall–Kier alpha value is -3.24. The van der Waals surface area contributed by atoms with Crippen molar-refractivity contribution in [3.63, 3.8) is 0 Å². The van der Waals surface area contributed by atoms with E-state index in [1.165, 1.54) is 0 Å². The maximum atomic E-state index is 12.9. The number of aliphatic imine (C=N–C) groups is 1. The normalized spacial score (nSPS) is 16.9. The molecule has 2 unspecified atom stereocenters. The predicted molar refractivity (Wildman–Crippen MR) is 123 cm³/mol. The number of Topliss-reactive ketones (excluding diaryl/α,β-unsaturated/α-hetero) is 1. The molecule has 4 nitrogen and oxygen atoms in total. The molecular formula is C26H27N3O. The maximum Gasteiger partial charge on any atom is 0.152 e. The summed E-state index contributed by atoms with van der Waals surface area (Å²) in [6.45, 7) is 0.480. The van der Waals surface area contributed by atoms with Gasteiger partial charge in [0.05, 0.1) is 24.3 Å². The molecule has 4 rings (SSSR count). The van der Waals surface area contributed by atoms with Gasteiger partial charge in [0.15, 0.2) is 5.78 Å². The number of benzene rings is 3. The van der Waals surface area contributed by atoms with Gasteiger partial charge in [0, 0.05) is 30.3 Å². The van der Waals surface area contributed by atoms with Crippen LogP contribution < -0.4 is 10.6 Å². The number of benzodiazepines with no additional fused rings is 1. The van der Waals surface area contributed by atoms with Gasteiger partial charge in [-0.3, -0.25) is 9.79 Å². The Balaban J connectivity index is 1.59. The molecular weight excluding hydrogens is 370 g/mol. The van der Waals surface area contributed by atoms with Crippen molar-refractivity contribution in [1.29, 1.82) is 0 Å². The topological polar surface area (TPSA) is 58.7 Å². The number of fused-ring (bicyclic) bond motifs is 1. The van der Waals surface area contributed by atoms with Crippen molar-refractivity contribution >= 4 is 17.2 Å². The third-order valence-electron chi connectivity index (χ3n) is 5.81. The fourth-order valence-electron chi connectivity index (χ4n) is 4.04. The zero-order valence-corrected chi connectivity index (χ0v) is 17.2. The Kier molecular flexibility index (Phi) is 6.05. The summed E-state index contributed by atoms with van der Waals surface area (Å²) in [5.41, 5.74) is 11.8. The highest BCUT2D eigenvalue weighted by atomic mass is 16.1. The molecule has 0 saturated heterocycles. The summed E-state index contributed by atoms with van der Waals surface area (Å²) in [5.74, 6) is 0.0755. The summed E-state index contributed by atoms with van der Waals surface area (Å²) in [6, 6.07) is 27.7. The van der Waals surface area contributed by atoms with Gasteiger partial charge in [0.25, 0.3) is 0 Å². The molecule has 0 fully saturated rings. The van der Waals surface area contributed by atoms with Crippen LogP contribution in [0.3, 0.4) is 0 Å². The van der Waals surface area contributed by atoms with Crippen molar-refractivity contribution in [1.82, 2.24) is 0 Å². The van der Waals surface area contributed by atoms with Crippen molar-refractivity contribution in [3.05, 3.63) is 102 Å². The van der Waals surface area contributed by atoms with Crippen LogP contribution in [-0.4, -0.2) is 37.2 Å². The molecule has 1 aliphatic heterocycles. The molecule has 4 heteroatoms. The van der Waals surface area contributed by atoms with E-state index in [1.54, 1.807) is 0 Å². The van der Waals surface area contributed by atoms with Gasteiger partial charge < -0.3 is 10.6 Å². The largest absolute Gasteiger partial charge is 0.367 e. The first-order valence-electron chi connectivity index (χ1n) is 10.4. The van der Waals surface area contributed by atoms with E-state index in [2.05, 4.69) is 29.2 Å². The number of aryl methyl sites for hydroxylation is 1. The second-order valence-electron chi connectivity index (χ2n) is 7.73. The van der Waals surface area contributed by atoms with E-state index in [9.17, 15) is 4.79 Å². The SMILES string of the molecule is CN1c2ccccc2C(c2ccccc2)=NCC1C(N)C(=O)CCc1ccccc1. The Morgan fingerprint density at radius 3 is 2.37 bits per heavy atom. The number of hydrogen-bond donors (Lipinski definition) is 1. The van der Waals surface area contributed by atoms with Gasteiger partial charge >= 0.3 is 0 Å². The molecule has 0 amide bonds. The van der Waals surface area contributed by atoms with Crippen LogP contribution in [0, 0.1) is 0 Å². The molecule has 2 N–H and O–H groups in total. The lowest BCUT2D eigenvalue weighted by molar-refractivity contribution is -0.120. The monoisotopic (exact) mass is 397 g/mol. The van der Waals surface area contributed by atoms with Crippen LogP contribution >= 0.6 is 0 Å². The number of nitrogens with zero attached hydrogens (tertiary/aromatic N) is 2. The average molecular weight is 398 g/mol. The molecule has 0 saturated carbocycles. The van der Waals surface area contributed by atoms with E-state index in [0.29, 0.717) is 19.4 Å². The number of carbonyl (C=O) groups excluding carboxylic acids is 1. The van der Waals surface area contributed by atoms with Crippen molar-refractivity contribution in [2.24, 2.45) is 10.7 Å². The smallest absolute Gasteiger partial charge is 0.152 e. The Labute approximate surface area is 178 Å². The summed E-state index contributed by atoms with van der Waals surface area (Å²) in [4.78, 5) is 20.0. The minimum Gasteiger partial charge on any atom is -0.367 e. The van der Waals surface area contributed by atoms with Gasteiger partial charge in [-0.2, -0.15) is 0 Å². The molecule has 0 bridgehead atoms. The van der Waals surface area contributed by atoms with Crippen molar-refractivity contribution in [2.75, 3.05) is 18.5 Å². The van der Waals surface area contributed by atoms with Gasteiger partial charge in [-0.05, 0) is 18.1 Å². The molecule has 1 heterocycles. The Morgan fingerprint density at radius 1 is 1.00 bits per heavy atom. The van der Waals surface area contributed by atoms with Crippen LogP contribution in [0.2, 0.25) is 0 Å². The van der Waals surface area contributed by atoms with E-state index in [1.807, 2.05) is 67.7 Å². The molecule has 1 aliphatic rings. The van der Waals surface area contributed by atoms with Crippen molar-refractivity contribution in [3.8, 4) is 0 Å². The molecule has 0 radical (unpaired) electrons.